The van der Waals surface area contributed by atoms with Crippen molar-refractivity contribution in [1.29, 1.82) is 0 Å². The van der Waals surface area contributed by atoms with Gasteiger partial charge in [-0.3, -0.25) is 0 Å². The molecule has 0 radical (unpaired) electrons. The quantitative estimate of drug-likeness (QED) is 0.171. The van der Waals surface area contributed by atoms with Crippen molar-refractivity contribution in [2.24, 2.45) is 0 Å². The van der Waals surface area contributed by atoms with Crippen LogP contribution < -0.4 is 4.90 Å². The zero-order valence-corrected chi connectivity index (χ0v) is 30.6. The summed E-state index contributed by atoms with van der Waals surface area (Å²) >= 11 is 0. The van der Waals surface area contributed by atoms with Gasteiger partial charge >= 0.3 is 0 Å². The molecule has 0 N–H and O–H groups in total. The molecule has 0 aliphatic carbocycles. The summed E-state index contributed by atoms with van der Waals surface area (Å²) in [5, 5.41) is 9.62. The standard InChI is InChI=1S/C54H35NO/c1-2-17-39(18-3-1)55(41-34-38-15-5-7-20-43(38)52(35-41)46-24-12-16-36-14-4-6-19-42(36)46)40-30-28-37(29-31-40)44-32-33-48(47-22-9-8-21-45(44)47)50-25-13-26-51-49-23-10-11-27-53(49)56-54(50)51/h1-35H. The number of furan rings is 1. The van der Waals surface area contributed by atoms with Crippen LogP contribution in [-0.2, 0) is 0 Å². The van der Waals surface area contributed by atoms with Gasteiger partial charge in [0, 0.05) is 33.4 Å². The minimum Gasteiger partial charge on any atom is -0.455 e. The zero-order valence-electron chi connectivity index (χ0n) is 30.6. The van der Waals surface area contributed by atoms with Gasteiger partial charge in [0.05, 0.1) is 0 Å². The molecule has 0 unspecified atom stereocenters. The third-order valence-electron chi connectivity index (χ3n) is 11.3. The molecule has 0 saturated carbocycles. The van der Waals surface area contributed by atoms with E-state index in [4.69, 9.17) is 4.42 Å². The van der Waals surface area contributed by atoms with Crippen LogP contribution in [0.4, 0.5) is 17.1 Å². The molecule has 0 spiro atoms. The predicted octanol–water partition coefficient (Wildman–Crippen LogP) is 15.5. The van der Waals surface area contributed by atoms with Crippen molar-refractivity contribution in [1.82, 2.24) is 0 Å². The van der Waals surface area contributed by atoms with E-state index in [9.17, 15) is 0 Å². The highest BCUT2D eigenvalue weighted by Gasteiger charge is 2.19. The number of para-hydroxylation sites is 3. The number of rotatable bonds is 6. The molecule has 11 rings (SSSR count). The smallest absolute Gasteiger partial charge is 0.143 e. The van der Waals surface area contributed by atoms with Gasteiger partial charge in [0.1, 0.15) is 11.2 Å². The maximum Gasteiger partial charge on any atom is 0.143 e. The average Bonchev–Trinajstić information content (AvgIpc) is 3.66. The van der Waals surface area contributed by atoms with Gasteiger partial charge in [-0.15, -0.1) is 0 Å². The first-order valence-corrected chi connectivity index (χ1v) is 19.2. The highest BCUT2D eigenvalue weighted by atomic mass is 16.3. The number of anilines is 3. The van der Waals surface area contributed by atoms with Gasteiger partial charge in [-0.25, -0.2) is 0 Å². The van der Waals surface area contributed by atoms with E-state index < -0.39 is 0 Å². The second-order valence-electron chi connectivity index (χ2n) is 14.4. The van der Waals surface area contributed by atoms with Gasteiger partial charge in [-0.1, -0.05) is 170 Å². The van der Waals surface area contributed by atoms with Crippen molar-refractivity contribution in [2.45, 2.75) is 0 Å². The summed E-state index contributed by atoms with van der Waals surface area (Å²) in [7, 11) is 0. The normalized spacial score (nSPS) is 11.6. The second kappa shape index (κ2) is 13.2. The molecule has 1 aromatic heterocycles. The molecule has 0 saturated heterocycles. The summed E-state index contributed by atoms with van der Waals surface area (Å²) in [6.07, 6.45) is 0. The van der Waals surface area contributed by atoms with Crippen LogP contribution in [0.15, 0.2) is 217 Å². The first kappa shape index (κ1) is 32.0. The lowest BCUT2D eigenvalue weighted by Crippen LogP contribution is -2.10. The Bertz CT molecular complexity index is 3240. The number of hydrogen-bond acceptors (Lipinski definition) is 2. The SMILES string of the molecule is c1ccc(N(c2ccc(-c3ccc(-c4cccc5c4oc4ccccc45)c4ccccc34)cc2)c2cc(-c3cccc4ccccc34)c3ccccc3c2)cc1. The Hall–Kier alpha value is -7.42. The maximum absolute atomic E-state index is 6.48. The Morgan fingerprint density at radius 1 is 0.286 bits per heavy atom. The summed E-state index contributed by atoms with van der Waals surface area (Å²) in [4.78, 5) is 2.38. The molecule has 2 heteroatoms. The third-order valence-corrected chi connectivity index (χ3v) is 11.3. The van der Waals surface area contributed by atoms with E-state index in [1.54, 1.807) is 0 Å². The summed E-state index contributed by atoms with van der Waals surface area (Å²) < 4.78 is 6.48. The second-order valence-corrected chi connectivity index (χ2v) is 14.4. The molecule has 0 bridgehead atoms. The van der Waals surface area contributed by atoms with Gasteiger partial charge in [-0.05, 0) is 103 Å². The van der Waals surface area contributed by atoms with Crippen LogP contribution in [0, 0.1) is 0 Å². The lowest BCUT2D eigenvalue weighted by Gasteiger charge is -2.27. The molecule has 0 amide bonds. The zero-order chi connectivity index (χ0) is 37.0. The third kappa shape index (κ3) is 5.26. The highest BCUT2D eigenvalue weighted by molar-refractivity contribution is 6.14. The largest absolute Gasteiger partial charge is 0.455 e. The molecule has 56 heavy (non-hydrogen) atoms. The van der Waals surface area contributed by atoms with Crippen LogP contribution in [0.2, 0.25) is 0 Å². The van der Waals surface area contributed by atoms with E-state index in [-0.39, 0.29) is 0 Å². The van der Waals surface area contributed by atoms with Gasteiger partial charge in [0.2, 0.25) is 0 Å². The highest BCUT2D eigenvalue weighted by Crippen LogP contribution is 2.44. The van der Waals surface area contributed by atoms with Crippen molar-refractivity contribution in [2.75, 3.05) is 4.90 Å². The van der Waals surface area contributed by atoms with E-state index in [2.05, 4.69) is 205 Å². The van der Waals surface area contributed by atoms with Crippen LogP contribution in [0.25, 0.3) is 87.6 Å². The topological polar surface area (TPSA) is 16.4 Å². The molecule has 262 valence electrons. The number of fused-ring (bicyclic) bond motifs is 6. The van der Waals surface area contributed by atoms with Crippen molar-refractivity contribution in [3.8, 4) is 33.4 Å². The lowest BCUT2D eigenvalue weighted by molar-refractivity contribution is 0.670. The molecule has 0 aliphatic heterocycles. The number of nitrogens with zero attached hydrogens (tertiary/aromatic N) is 1. The van der Waals surface area contributed by atoms with E-state index in [1.807, 2.05) is 12.1 Å². The molecular formula is C54H35NO. The molecule has 0 fully saturated rings. The fourth-order valence-electron chi connectivity index (χ4n) is 8.67. The Balaban J connectivity index is 1.04. The molecule has 1 heterocycles. The Kier molecular flexibility index (Phi) is 7.53. The lowest BCUT2D eigenvalue weighted by atomic mass is 9.91. The van der Waals surface area contributed by atoms with Crippen molar-refractivity contribution >= 4 is 71.3 Å². The van der Waals surface area contributed by atoms with Crippen LogP contribution in [-0.4, -0.2) is 0 Å². The first-order chi connectivity index (χ1) is 27.8. The van der Waals surface area contributed by atoms with Gasteiger partial charge in [0.15, 0.2) is 0 Å². The Labute approximate surface area is 325 Å². The van der Waals surface area contributed by atoms with Crippen LogP contribution >= 0.6 is 0 Å². The maximum atomic E-state index is 6.48. The van der Waals surface area contributed by atoms with Crippen molar-refractivity contribution in [3.63, 3.8) is 0 Å². The average molecular weight is 714 g/mol. The monoisotopic (exact) mass is 713 g/mol. The fraction of sp³-hybridized carbons (Fsp3) is 0. The van der Waals surface area contributed by atoms with Gasteiger partial charge in [-0.2, -0.15) is 0 Å². The Morgan fingerprint density at radius 2 is 0.821 bits per heavy atom. The van der Waals surface area contributed by atoms with E-state index in [1.165, 1.54) is 60.1 Å². The van der Waals surface area contributed by atoms with E-state index in [0.717, 1.165) is 44.6 Å². The predicted molar refractivity (Wildman–Crippen MR) is 237 cm³/mol. The molecule has 0 atom stereocenters. The molecule has 0 aliphatic rings. The number of hydrogen-bond donors (Lipinski definition) is 0. The molecular weight excluding hydrogens is 679 g/mol. The minimum absolute atomic E-state index is 0.911. The number of benzene rings is 10. The molecule has 2 nitrogen and oxygen atoms in total. The van der Waals surface area contributed by atoms with Gasteiger partial charge < -0.3 is 9.32 Å². The first-order valence-electron chi connectivity index (χ1n) is 19.2. The fourth-order valence-corrected chi connectivity index (χ4v) is 8.67. The van der Waals surface area contributed by atoms with Crippen LogP contribution in [0.1, 0.15) is 0 Å². The molecule has 11 aromatic rings. The van der Waals surface area contributed by atoms with E-state index in [0.29, 0.717) is 0 Å². The summed E-state index contributed by atoms with van der Waals surface area (Å²) in [5.74, 6) is 0. The summed E-state index contributed by atoms with van der Waals surface area (Å²) in [6.45, 7) is 0. The van der Waals surface area contributed by atoms with Crippen molar-refractivity contribution in [3.05, 3.63) is 212 Å². The Morgan fingerprint density at radius 3 is 1.62 bits per heavy atom. The van der Waals surface area contributed by atoms with Crippen LogP contribution in [0.5, 0.6) is 0 Å². The molecule has 10 aromatic carbocycles. The van der Waals surface area contributed by atoms with E-state index >= 15 is 0 Å². The van der Waals surface area contributed by atoms with Gasteiger partial charge in [0.25, 0.3) is 0 Å². The summed E-state index contributed by atoms with van der Waals surface area (Å²) in [5.41, 5.74) is 12.2. The summed E-state index contributed by atoms with van der Waals surface area (Å²) in [6, 6.07) is 76.5. The van der Waals surface area contributed by atoms with Crippen molar-refractivity contribution < 1.29 is 4.42 Å². The van der Waals surface area contributed by atoms with Crippen LogP contribution in [0.3, 0.4) is 0 Å². The minimum atomic E-state index is 0.911.